The van der Waals surface area contributed by atoms with Crippen LogP contribution in [-0.4, -0.2) is 23.8 Å². The molecule has 72 valence electrons. The maximum absolute atomic E-state index is 12.7. The van der Waals surface area contributed by atoms with Crippen molar-refractivity contribution in [3.63, 3.8) is 0 Å². The highest BCUT2D eigenvalue weighted by molar-refractivity contribution is 7.51. The molecule has 0 aromatic heterocycles. The van der Waals surface area contributed by atoms with Crippen LogP contribution in [0.5, 0.6) is 0 Å². The molecule has 2 atom stereocenters. The molecule has 0 bridgehead atoms. The van der Waals surface area contributed by atoms with E-state index in [2.05, 4.69) is 0 Å². The summed E-state index contributed by atoms with van der Waals surface area (Å²) in [5.74, 6) is -1.07. The van der Waals surface area contributed by atoms with Gasteiger partial charge in [0, 0.05) is 0 Å². The third-order valence-corrected chi connectivity index (χ3v) is 2.94. The molecule has 6 heteroatoms. The Kier molecular flexibility index (Phi) is 3.33. The van der Waals surface area contributed by atoms with Crippen LogP contribution in [0.1, 0.15) is 12.8 Å². The van der Waals surface area contributed by atoms with Crippen LogP contribution in [0.15, 0.2) is 11.9 Å². The Morgan fingerprint density at radius 2 is 2.31 bits per heavy atom. The Labute approximate surface area is 77.6 Å². The monoisotopic (exact) mass is 204 g/mol. The van der Waals surface area contributed by atoms with Gasteiger partial charge in [0.15, 0.2) is 0 Å². The van der Waals surface area contributed by atoms with Gasteiger partial charge in [-0.3, -0.25) is 4.57 Å². The summed E-state index contributed by atoms with van der Waals surface area (Å²) in [5.41, 5.74) is 0. The van der Waals surface area contributed by atoms with Gasteiger partial charge in [-0.15, -0.1) is 0 Å². The summed E-state index contributed by atoms with van der Waals surface area (Å²) in [5, 5.41) is 0. The Balaban J connectivity index is 2.38. The van der Waals surface area contributed by atoms with Gasteiger partial charge >= 0.3 is 7.60 Å². The Hall–Kier alpha value is -0.115. The fourth-order valence-corrected chi connectivity index (χ4v) is 2.06. The maximum atomic E-state index is 12.7. The molecule has 1 aliphatic carbocycles. The molecule has 13 heavy (non-hydrogen) atoms. The fourth-order valence-electron chi connectivity index (χ4n) is 1.39. The lowest BCUT2D eigenvalue weighted by Gasteiger charge is -2.09. The highest BCUT2D eigenvalue weighted by atomic mass is 31.2. The zero-order valence-corrected chi connectivity index (χ0v) is 7.95. The third kappa shape index (κ3) is 3.63. The van der Waals surface area contributed by atoms with Crippen molar-refractivity contribution in [3.8, 4) is 0 Å². The van der Waals surface area contributed by atoms with E-state index in [4.69, 9.17) is 17.6 Å². The fraction of sp³-hybridized carbons (Fsp3) is 0.714. The van der Waals surface area contributed by atoms with E-state index in [-0.39, 0.29) is 17.9 Å². The minimum atomic E-state index is -3.95. The second-order valence-electron chi connectivity index (χ2n) is 3.33. The van der Waals surface area contributed by atoms with Crippen molar-refractivity contribution in [1.82, 2.24) is 0 Å². The summed E-state index contributed by atoms with van der Waals surface area (Å²) >= 11 is 0. The largest absolute Gasteiger partial charge is 0.325 e. The lowest BCUT2D eigenvalue weighted by atomic mass is 9.84. The molecule has 0 amide bonds. The van der Waals surface area contributed by atoms with Crippen molar-refractivity contribution in [1.29, 1.82) is 0 Å². The van der Waals surface area contributed by atoms with Crippen molar-refractivity contribution in [3.05, 3.63) is 11.9 Å². The normalized spacial score (nSPS) is 29.0. The first kappa shape index (κ1) is 11.0. The smallest absolute Gasteiger partial charge is 0.324 e. The summed E-state index contributed by atoms with van der Waals surface area (Å²) in [6, 6.07) is 0. The Morgan fingerprint density at radius 1 is 1.69 bits per heavy atom. The molecule has 0 aliphatic heterocycles. The zero-order chi connectivity index (χ0) is 10.1. The lowest BCUT2D eigenvalue weighted by molar-refractivity contribution is 0.368. The average Bonchev–Trinajstić information content (AvgIpc) is 2.27. The minimum absolute atomic E-state index is 0.123. The molecule has 1 rings (SSSR count). The molecule has 3 nitrogen and oxygen atoms in total. The molecule has 0 aromatic rings. The number of allylic oxidation sites excluding steroid dienone is 2. The predicted molar refractivity (Wildman–Crippen MR) is 48.3 cm³/mol. The molecule has 0 saturated heterocycles. The molecule has 2 radical (unpaired) electrons. The van der Waals surface area contributed by atoms with E-state index >= 15 is 0 Å². The van der Waals surface area contributed by atoms with Crippen LogP contribution >= 0.6 is 7.60 Å². The quantitative estimate of drug-likeness (QED) is 0.539. The standard InChI is InChI=1S/C7H11BFO3P/c8-6-3-5(4-7(6)9)1-2-13(10,11)12/h4-6H,1-3H2,(H2,10,11,12). The van der Waals surface area contributed by atoms with Crippen LogP contribution in [-0.2, 0) is 4.57 Å². The van der Waals surface area contributed by atoms with Crippen LogP contribution in [0, 0.1) is 5.92 Å². The lowest BCUT2D eigenvalue weighted by Crippen LogP contribution is -1.99. The van der Waals surface area contributed by atoms with E-state index in [1.807, 2.05) is 0 Å². The number of rotatable bonds is 3. The van der Waals surface area contributed by atoms with Crippen molar-refractivity contribution in [2.24, 2.45) is 5.92 Å². The first-order valence-electron chi connectivity index (χ1n) is 4.06. The van der Waals surface area contributed by atoms with E-state index < -0.39 is 13.4 Å². The first-order chi connectivity index (χ1) is 5.88. The molecule has 2 N–H and O–H groups in total. The van der Waals surface area contributed by atoms with Crippen LogP contribution < -0.4 is 0 Å². The Bertz CT molecular complexity index is 262. The van der Waals surface area contributed by atoms with Gasteiger partial charge in [-0.05, 0) is 24.6 Å². The van der Waals surface area contributed by atoms with Crippen LogP contribution in [0.3, 0.4) is 0 Å². The van der Waals surface area contributed by atoms with Gasteiger partial charge < -0.3 is 9.79 Å². The second-order valence-corrected chi connectivity index (χ2v) is 5.11. The van der Waals surface area contributed by atoms with E-state index in [9.17, 15) is 8.96 Å². The summed E-state index contributed by atoms with van der Waals surface area (Å²) in [4.78, 5) is 17.2. The second kappa shape index (κ2) is 3.95. The molecule has 0 saturated carbocycles. The molecule has 1 aliphatic rings. The van der Waals surface area contributed by atoms with Crippen molar-refractivity contribution >= 4 is 15.4 Å². The minimum Gasteiger partial charge on any atom is -0.324 e. The van der Waals surface area contributed by atoms with Gasteiger partial charge in [0.2, 0.25) is 0 Å². The van der Waals surface area contributed by atoms with Crippen LogP contribution in [0.25, 0.3) is 0 Å². The van der Waals surface area contributed by atoms with E-state index in [1.54, 1.807) is 0 Å². The van der Waals surface area contributed by atoms with E-state index in [0.29, 0.717) is 12.8 Å². The number of halogens is 1. The summed E-state index contributed by atoms with van der Waals surface area (Å²) < 4.78 is 23.2. The van der Waals surface area contributed by atoms with Gasteiger partial charge in [0.1, 0.15) is 0 Å². The highest BCUT2D eigenvalue weighted by Gasteiger charge is 2.24. The SMILES string of the molecule is [B]C1CC(CCP(=O)(O)O)C=C1F. The molecule has 0 heterocycles. The summed E-state index contributed by atoms with van der Waals surface area (Å²) in [7, 11) is 1.42. The molecular formula is C7H11BFO3P. The van der Waals surface area contributed by atoms with E-state index in [1.165, 1.54) is 6.08 Å². The maximum Gasteiger partial charge on any atom is 0.325 e. The zero-order valence-electron chi connectivity index (χ0n) is 7.06. The third-order valence-electron chi connectivity index (χ3n) is 2.10. The van der Waals surface area contributed by atoms with Gasteiger partial charge in [-0.25, -0.2) is 4.39 Å². The molecular weight excluding hydrogens is 193 g/mol. The van der Waals surface area contributed by atoms with Gasteiger partial charge in [0.05, 0.1) is 19.8 Å². The average molecular weight is 204 g/mol. The highest BCUT2D eigenvalue weighted by Crippen LogP contribution is 2.41. The number of hydrogen-bond donors (Lipinski definition) is 2. The predicted octanol–water partition coefficient (Wildman–Crippen LogP) is 1.38. The van der Waals surface area contributed by atoms with Crippen molar-refractivity contribution < 1.29 is 18.7 Å². The summed E-state index contributed by atoms with van der Waals surface area (Å²) in [6.45, 7) is 0. The van der Waals surface area contributed by atoms with Crippen molar-refractivity contribution in [2.45, 2.75) is 18.7 Å². The van der Waals surface area contributed by atoms with E-state index in [0.717, 1.165) is 0 Å². The van der Waals surface area contributed by atoms with Crippen LogP contribution in [0.4, 0.5) is 4.39 Å². The Morgan fingerprint density at radius 3 is 2.69 bits per heavy atom. The first-order valence-corrected chi connectivity index (χ1v) is 5.85. The topological polar surface area (TPSA) is 57.5 Å². The molecule has 0 aromatic carbocycles. The number of hydrogen-bond acceptors (Lipinski definition) is 1. The molecule has 0 fully saturated rings. The van der Waals surface area contributed by atoms with Crippen LogP contribution in [0.2, 0.25) is 5.82 Å². The van der Waals surface area contributed by atoms with Gasteiger partial charge in [-0.2, -0.15) is 0 Å². The molecule has 0 spiro atoms. The molecule has 2 unspecified atom stereocenters. The van der Waals surface area contributed by atoms with Gasteiger partial charge in [-0.1, -0.05) is 6.08 Å². The summed E-state index contributed by atoms with van der Waals surface area (Å²) in [6.07, 6.45) is 1.91. The van der Waals surface area contributed by atoms with Crippen molar-refractivity contribution in [2.75, 3.05) is 6.16 Å². The van der Waals surface area contributed by atoms with Gasteiger partial charge in [0.25, 0.3) is 0 Å².